The lowest BCUT2D eigenvalue weighted by Gasteiger charge is -2.41. The number of unbranched alkanes of at least 4 members (excludes halogenated alkanes) is 1. The Kier molecular flexibility index (Phi) is 10.3. The second-order valence-corrected chi connectivity index (χ2v) is 8.48. The fourth-order valence-corrected chi connectivity index (χ4v) is 3.42. The molecule has 4 amide bonds. The van der Waals surface area contributed by atoms with Crippen LogP contribution in [0.15, 0.2) is 30.3 Å². The SMILES string of the molecule is CNC(=O)NCCCC[C@@H](C(O)C(=O)N[C@H](C)c1ccccc1)N(C(=O)O)C(C)(C)C. The first-order chi connectivity index (χ1) is 14.5. The second kappa shape index (κ2) is 12.1. The molecule has 0 aromatic heterocycles. The minimum Gasteiger partial charge on any atom is -0.465 e. The van der Waals surface area contributed by atoms with E-state index in [9.17, 15) is 24.6 Å². The van der Waals surface area contributed by atoms with Gasteiger partial charge in [-0.2, -0.15) is 0 Å². The van der Waals surface area contributed by atoms with Crippen molar-refractivity contribution in [2.75, 3.05) is 13.6 Å². The number of urea groups is 1. The molecule has 1 aromatic carbocycles. The molecule has 0 aliphatic rings. The molecule has 9 nitrogen and oxygen atoms in total. The highest BCUT2D eigenvalue weighted by atomic mass is 16.4. The Balaban J connectivity index is 2.90. The number of aliphatic hydroxyl groups excluding tert-OH is 1. The van der Waals surface area contributed by atoms with Gasteiger partial charge in [-0.1, -0.05) is 30.3 Å². The molecule has 0 fully saturated rings. The molecule has 9 heteroatoms. The van der Waals surface area contributed by atoms with E-state index in [0.29, 0.717) is 19.4 Å². The molecule has 0 bridgehead atoms. The summed E-state index contributed by atoms with van der Waals surface area (Å²) < 4.78 is 0. The number of rotatable bonds is 10. The molecular weight excluding hydrogens is 400 g/mol. The number of hydrogen-bond acceptors (Lipinski definition) is 4. The highest BCUT2D eigenvalue weighted by Crippen LogP contribution is 2.24. The molecule has 1 rings (SSSR count). The largest absolute Gasteiger partial charge is 0.465 e. The fourth-order valence-electron chi connectivity index (χ4n) is 3.42. The quantitative estimate of drug-likeness (QED) is 0.360. The zero-order valence-electron chi connectivity index (χ0n) is 19.0. The minimum atomic E-state index is -1.53. The summed E-state index contributed by atoms with van der Waals surface area (Å²) in [7, 11) is 1.52. The van der Waals surface area contributed by atoms with Crippen molar-refractivity contribution in [3.05, 3.63) is 35.9 Å². The third-order valence-electron chi connectivity index (χ3n) is 4.99. The van der Waals surface area contributed by atoms with Gasteiger partial charge in [0.1, 0.15) is 0 Å². The van der Waals surface area contributed by atoms with Crippen molar-refractivity contribution in [3.63, 3.8) is 0 Å². The minimum absolute atomic E-state index is 0.271. The summed E-state index contributed by atoms with van der Waals surface area (Å²) in [6.07, 6.45) is -1.37. The smallest absolute Gasteiger partial charge is 0.408 e. The van der Waals surface area contributed by atoms with E-state index in [1.807, 2.05) is 30.3 Å². The Morgan fingerprint density at radius 2 is 1.71 bits per heavy atom. The summed E-state index contributed by atoms with van der Waals surface area (Å²) in [5, 5.41) is 28.5. The highest BCUT2D eigenvalue weighted by molar-refractivity contribution is 5.82. The molecule has 0 heterocycles. The maximum absolute atomic E-state index is 12.8. The van der Waals surface area contributed by atoms with Gasteiger partial charge in [0.2, 0.25) is 0 Å². The van der Waals surface area contributed by atoms with E-state index in [4.69, 9.17) is 0 Å². The van der Waals surface area contributed by atoms with Gasteiger partial charge in [0.05, 0.1) is 12.1 Å². The van der Waals surface area contributed by atoms with E-state index in [2.05, 4.69) is 16.0 Å². The molecule has 174 valence electrons. The van der Waals surface area contributed by atoms with Crippen LogP contribution in [0.4, 0.5) is 9.59 Å². The second-order valence-electron chi connectivity index (χ2n) is 8.48. The van der Waals surface area contributed by atoms with Crippen LogP contribution in [0.3, 0.4) is 0 Å². The number of benzene rings is 1. The monoisotopic (exact) mass is 436 g/mol. The Hall–Kier alpha value is -2.81. The zero-order valence-corrected chi connectivity index (χ0v) is 19.0. The summed E-state index contributed by atoms with van der Waals surface area (Å²) in [6.45, 7) is 7.37. The van der Waals surface area contributed by atoms with Crippen LogP contribution in [0.2, 0.25) is 0 Å². The molecule has 3 atom stereocenters. The van der Waals surface area contributed by atoms with Crippen LogP contribution in [-0.2, 0) is 4.79 Å². The third-order valence-corrected chi connectivity index (χ3v) is 4.99. The van der Waals surface area contributed by atoms with Gasteiger partial charge in [0.25, 0.3) is 5.91 Å². The van der Waals surface area contributed by atoms with Gasteiger partial charge in [-0.15, -0.1) is 0 Å². The summed E-state index contributed by atoms with van der Waals surface area (Å²) in [5.41, 5.74) is 0.0640. The van der Waals surface area contributed by atoms with E-state index in [-0.39, 0.29) is 18.5 Å². The Morgan fingerprint density at radius 1 is 1.10 bits per heavy atom. The van der Waals surface area contributed by atoms with Gasteiger partial charge in [-0.05, 0) is 52.5 Å². The van der Waals surface area contributed by atoms with E-state index in [1.54, 1.807) is 27.7 Å². The lowest BCUT2D eigenvalue weighted by Crippen LogP contribution is -2.58. The van der Waals surface area contributed by atoms with Gasteiger partial charge in [0.15, 0.2) is 6.10 Å². The normalized spacial score (nSPS) is 14.1. The molecular formula is C22H36N4O5. The first-order valence-electron chi connectivity index (χ1n) is 10.5. The lowest BCUT2D eigenvalue weighted by molar-refractivity contribution is -0.134. The Morgan fingerprint density at radius 3 is 2.23 bits per heavy atom. The van der Waals surface area contributed by atoms with Gasteiger partial charge < -0.3 is 26.2 Å². The van der Waals surface area contributed by atoms with Crippen molar-refractivity contribution in [3.8, 4) is 0 Å². The summed E-state index contributed by atoms with van der Waals surface area (Å²) in [5.74, 6) is -0.625. The first kappa shape index (κ1) is 26.2. The molecule has 0 radical (unpaired) electrons. The van der Waals surface area contributed by atoms with E-state index >= 15 is 0 Å². The molecule has 0 spiro atoms. The maximum Gasteiger partial charge on any atom is 0.408 e. The van der Waals surface area contributed by atoms with Crippen molar-refractivity contribution in [2.24, 2.45) is 0 Å². The topological polar surface area (TPSA) is 131 Å². The van der Waals surface area contributed by atoms with Crippen LogP contribution in [0.1, 0.15) is 58.6 Å². The number of carbonyl (C=O) groups is 3. The number of hydrogen-bond donors (Lipinski definition) is 5. The number of aliphatic hydroxyl groups is 1. The first-order valence-corrected chi connectivity index (χ1v) is 10.5. The van der Waals surface area contributed by atoms with Crippen molar-refractivity contribution in [1.82, 2.24) is 20.9 Å². The number of nitrogens with zero attached hydrogens (tertiary/aromatic N) is 1. The van der Waals surface area contributed by atoms with Crippen LogP contribution in [0.5, 0.6) is 0 Å². The summed E-state index contributed by atoms with van der Waals surface area (Å²) >= 11 is 0. The van der Waals surface area contributed by atoms with Gasteiger partial charge in [-0.25, -0.2) is 9.59 Å². The molecule has 0 aliphatic carbocycles. The predicted octanol–water partition coefficient (Wildman–Crippen LogP) is 2.47. The standard InChI is InChI=1S/C22H36N4O5/c1-15(16-11-7-6-8-12-16)25-19(28)18(27)17(26(21(30)31)22(2,3)4)13-9-10-14-24-20(29)23-5/h6-8,11-12,15,17-18,27H,9-10,13-14H2,1-5H3,(H,25,28)(H,30,31)(H2,23,24,29)/t15-,17+,18?/m1/s1. The number of carbonyl (C=O) groups excluding carboxylic acids is 2. The van der Waals surface area contributed by atoms with Crippen LogP contribution in [0.25, 0.3) is 0 Å². The third kappa shape index (κ3) is 8.45. The van der Waals surface area contributed by atoms with Gasteiger partial charge in [-0.3, -0.25) is 9.69 Å². The Labute approximate surface area is 184 Å². The molecule has 5 N–H and O–H groups in total. The van der Waals surface area contributed by atoms with Crippen molar-refractivity contribution < 1.29 is 24.6 Å². The molecule has 0 saturated carbocycles. The van der Waals surface area contributed by atoms with Crippen molar-refractivity contribution in [1.29, 1.82) is 0 Å². The highest BCUT2D eigenvalue weighted by Gasteiger charge is 2.39. The lowest BCUT2D eigenvalue weighted by atomic mass is 9.95. The zero-order chi connectivity index (χ0) is 23.6. The van der Waals surface area contributed by atoms with E-state index < -0.39 is 29.7 Å². The maximum atomic E-state index is 12.8. The van der Waals surface area contributed by atoms with E-state index in [0.717, 1.165) is 10.5 Å². The molecule has 0 aliphatic heterocycles. The van der Waals surface area contributed by atoms with Crippen LogP contribution in [-0.4, -0.2) is 64.4 Å². The average molecular weight is 437 g/mol. The van der Waals surface area contributed by atoms with Gasteiger partial charge in [0, 0.05) is 19.1 Å². The molecule has 31 heavy (non-hydrogen) atoms. The van der Waals surface area contributed by atoms with Crippen LogP contribution >= 0.6 is 0 Å². The number of carboxylic acid groups (broad SMARTS) is 1. The molecule has 1 unspecified atom stereocenters. The number of nitrogens with one attached hydrogen (secondary N) is 3. The van der Waals surface area contributed by atoms with E-state index in [1.165, 1.54) is 7.05 Å². The fraction of sp³-hybridized carbons (Fsp3) is 0.591. The Bertz CT molecular complexity index is 720. The summed E-state index contributed by atoms with van der Waals surface area (Å²) in [4.78, 5) is 37.2. The molecule has 0 saturated heterocycles. The van der Waals surface area contributed by atoms with Crippen LogP contribution in [0, 0.1) is 0 Å². The van der Waals surface area contributed by atoms with Gasteiger partial charge >= 0.3 is 12.1 Å². The predicted molar refractivity (Wildman–Crippen MR) is 119 cm³/mol. The van der Waals surface area contributed by atoms with Crippen LogP contribution < -0.4 is 16.0 Å². The molecule has 1 aromatic rings. The number of amides is 4. The average Bonchev–Trinajstić information content (AvgIpc) is 2.71. The van der Waals surface area contributed by atoms with Crippen molar-refractivity contribution in [2.45, 2.75) is 70.7 Å². The summed E-state index contributed by atoms with van der Waals surface area (Å²) in [6, 6.07) is 7.75. The van der Waals surface area contributed by atoms with Crippen molar-refractivity contribution >= 4 is 18.0 Å².